The van der Waals surface area contributed by atoms with Crippen molar-refractivity contribution in [1.82, 2.24) is 0 Å². The summed E-state index contributed by atoms with van der Waals surface area (Å²) in [6.45, 7) is 32.3. The normalized spacial score (nSPS) is 15.1. The van der Waals surface area contributed by atoms with Gasteiger partial charge in [-0.05, 0) is 264 Å². The molecule has 0 atom stereocenters. The molecule has 0 aromatic heterocycles. The van der Waals surface area contributed by atoms with Crippen molar-refractivity contribution in [3.8, 4) is 33.4 Å². The van der Waals surface area contributed by atoms with Crippen molar-refractivity contribution in [2.24, 2.45) is 0 Å². The van der Waals surface area contributed by atoms with Gasteiger partial charge in [0.15, 0.2) is 0 Å². The lowest BCUT2D eigenvalue weighted by Gasteiger charge is -2.29. The maximum atomic E-state index is 2.58. The summed E-state index contributed by atoms with van der Waals surface area (Å²) in [5.41, 5.74) is 33.5. The van der Waals surface area contributed by atoms with Gasteiger partial charge in [0.05, 0.1) is 0 Å². The van der Waals surface area contributed by atoms with Gasteiger partial charge in [0.2, 0.25) is 0 Å². The summed E-state index contributed by atoms with van der Waals surface area (Å²) < 4.78 is 0. The summed E-state index contributed by atoms with van der Waals surface area (Å²) in [7, 11) is 0. The highest BCUT2D eigenvalue weighted by Crippen LogP contribution is 2.60. The van der Waals surface area contributed by atoms with E-state index in [-0.39, 0.29) is 16.2 Å². The van der Waals surface area contributed by atoms with Crippen LogP contribution in [-0.4, -0.2) is 0 Å². The van der Waals surface area contributed by atoms with Gasteiger partial charge in [-0.15, -0.1) is 0 Å². The van der Waals surface area contributed by atoms with Crippen molar-refractivity contribution in [2.75, 3.05) is 9.80 Å². The van der Waals surface area contributed by atoms with Crippen LogP contribution in [0.4, 0.5) is 34.1 Å². The van der Waals surface area contributed by atoms with Gasteiger partial charge in [-0.3, -0.25) is 0 Å². The second-order valence-electron chi connectivity index (χ2n) is 22.3. The predicted molar refractivity (Wildman–Crippen MR) is 286 cm³/mol. The van der Waals surface area contributed by atoms with E-state index in [9.17, 15) is 0 Å². The van der Waals surface area contributed by atoms with Crippen LogP contribution in [0.5, 0.6) is 0 Å². The second-order valence-corrected chi connectivity index (χ2v) is 22.3. The van der Waals surface area contributed by atoms with Crippen LogP contribution >= 0.6 is 0 Å². The van der Waals surface area contributed by atoms with Gasteiger partial charge < -0.3 is 9.80 Å². The summed E-state index contributed by atoms with van der Waals surface area (Å²) in [6, 6.07) is 52.4. The monoisotopic (exact) mass is 873 g/mol. The summed E-state index contributed by atoms with van der Waals surface area (Å²) in [5, 5.41) is 0. The molecule has 0 saturated heterocycles. The Hall–Kier alpha value is -6.64. The lowest BCUT2D eigenvalue weighted by Crippen LogP contribution is -2.18. The lowest BCUT2D eigenvalue weighted by molar-refractivity contribution is 0.649. The Morgan fingerprint density at radius 3 is 0.672 bits per heavy atom. The number of benzene rings is 8. The van der Waals surface area contributed by atoms with Crippen LogP contribution in [0.3, 0.4) is 0 Å². The van der Waals surface area contributed by atoms with Crippen molar-refractivity contribution in [2.45, 2.75) is 113 Å². The molecule has 2 heteroatoms. The Balaban J connectivity index is 1.01. The Morgan fingerprint density at radius 1 is 0.224 bits per heavy atom. The number of fused-ring (bicyclic) bond motifs is 9. The number of hydrogen-bond acceptors (Lipinski definition) is 2. The third-order valence-corrected chi connectivity index (χ3v) is 15.6. The molecule has 0 N–H and O–H groups in total. The fourth-order valence-electron chi connectivity index (χ4n) is 12.7. The number of hydrogen-bond donors (Lipinski definition) is 0. The summed E-state index contributed by atoms with van der Waals surface area (Å²) in [4.78, 5) is 4.93. The number of aryl methyl sites for hydroxylation is 8. The second kappa shape index (κ2) is 14.7. The average Bonchev–Trinajstić information content (AvgIpc) is 3.69. The Bertz CT molecular complexity index is 3020. The van der Waals surface area contributed by atoms with Gasteiger partial charge in [-0.2, -0.15) is 0 Å². The van der Waals surface area contributed by atoms with Gasteiger partial charge in [0, 0.05) is 50.4 Å². The first-order valence-electron chi connectivity index (χ1n) is 24.3. The summed E-state index contributed by atoms with van der Waals surface area (Å²) in [6.07, 6.45) is 0. The van der Waals surface area contributed by atoms with E-state index >= 15 is 0 Å². The van der Waals surface area contributed by atoms with Crippen molar-refractivity contribution < 1.29 is 0 Å². The highest BCUT2D eigenvalue weighted by Gasteiger charge is 2.45. The zero-order chi connectivity index (χ0) is 47.2. The van der Waals surface area contributed by atoms with Crippen molar-refractivity contribution in [3.05, 3.63) is 211 Å². The molecule has 8 aromatic carbocycles. The molecule has 0 spiro atoms. The topological polar surface area (TPSA) is 6.48 Å². The molecule has 67 heavy (non-hydrogen) atoms. The van der Waals surface area contributed by atoms with E-state index < -0.39 is 0 Å². The fraction of sp³-hybridized carbons (Fsp3) is 0.262. The molecule has 0 fully saturated rings. The van der Waals surface area contributed by atoms with Crippen LogP contribution < -0.4 is 9.80 Å². The molecule has 0 aliphatic heterocycles. The molecular formula is C65H64N2. The molecule has 8 aromatic rings. The molecule has 0 unspecified atom stereocenters. The van der Waals surface area contributed by atoms with E-state index in [0.717, 1.165) is 0 Å². The molecular weight excluding hydrogens is 809 g/mol. The zero-order valence-corrected chi connectivity index (χ0v) is 42.1. The van der Waals surface area contributed by atoms with E-state index in [1.54, 1.807) is 0 Å². The van der Waals surface area contributed by atoms with Crippen LogP contribution in [0, 0.1) is 55.4 Å². The molecule has 0 saturated carbocycles. The highest BCUT2D eigenvalue weighted by atomic mass is 15.1. The molecule has 11 rings (SSSR count). The number of nitrogens with zero attached hydrogens (tertiary/aromatic N) is 2. The van der Waals surface area contributed by atoms with Crippen molar-refractivity contribution >= 4 is 34.1 Å². The fourth-order valence-corrected chi connectivity index (χ4v) is 12.7. The van der Waals surface area contributed by atoms with E-state index in [1.165, 1.54) is 145 Å². The Kier molecular flexibility index (Phi) is 9.41. The predicted octanol–water partition coefficient (Wildman–Crippen LogP) is 18.0. The van der Waals surface area contributed by atoms with Crippen LogP contribution in [0.25, 0.3) is 33.4 Å². The molecule has 334 valence electrons. The molecule has 3 aliphatic carbocycles. The standard InChI is InChI=1S/C65H64N2/c1-37-19-38(2)24-47(23-37)66(48-25-39(3)20-40(4)26-48)45-15-17-51-53-33-61-55(35-59(53)63(9,10)57(51)31-45)56-36-60-54(34-62(56)65(61,13)14)52-18-16-46(32-58(52)64(60,11)12)67(49-27-41(5)21-42(6)28-49)50-29-43(7)22-44(8)30-50/h15-36H,1-14H3. The van der Waals surface area contributed by atoms with Crippen LogP contribution in [0.2, 0.25) is 0 Å². The first kappa shape index (κ1) is 43.0. The van der Waals surface area contributed by atoms with Crippen molar-refractivity contribution in [1.29, 1.82) is 0 Å². The molecule has 0 heterocycles. The Labute approximate surface area is 400 Å². The van der Waals surface area contributed by atoms with E-state index in [1.807, 2.05) is 0 Å². The molecule has 0 bridgehead atoms. The summed E-state index contributed by atoms with van der Waals surface area (Å²) >= 11 is 0. The minimum absolute atomic E-state index is 0.167. The zero-order valence-electron chi connectivity index (χ0n) is 42.1. The van der Waals surface area contributed by atoms with Crippen LogP contribution in [0.15, 0.2) is 133 Å². The van der Waals surface area contributed by atoms with E-state index in [2.05, 4.69) is 240 Å². The largest absolute Gasteiger partial charge is 0.310 e. The van der Waals surface area contributed by atoms with Gasteiger partial charge in [-0.1, -0.05) is 77.9 Å². The van der Waals surface area contributed by atoms with Gasteiger partial charge in [-0.25, -0.2) is 0 Å². The molecule has 2 nitrogen and oxygen atoms in total. The van der Waals surface area contributed by atoms with Crippen LogP contribution in [-0.2, 0) is 16.2 Å². The highest BCUT2D eigenvalue weighted by molar-refractivity contribution is 5.95. The SMILES string of the molecule is Cc1cc(C)cc(N(c2cc(C)cc(C)c2)c2ccc3c(c2)C(C)(C)c2cc4c(cc2-3)C(C)(C)c2cc3c(cc2-4)C(C)(C)c2cc(N(c4cc(C)cc(C)c4)c4cc(C)cc(C)c4)ccc2-3)c1. The first-order chi connectivity index (χ1) is 31.7. The average molecular weight is 873 g/mol. The molecule has 3 aliphatic rings. The first-order valence-corrected chi connectivity index (χ1v) is 24.3. The van der Waals surface area contributed by atoms with Gasteiger partial charge in [0.25, 0.3) is 0 Å². The lowest BCUT2D eigenvalue weighted by atomic mass is 9.78. The Morgan fingerprint density at radius 2 is 0.433 bits per heavy atom. The van der Waals surface area contributed by atoms with Gasteiger partial charge >= 0.3 is 0 Å². The molecule has 0 radical (unpaired) electrons. The molecule has 0 amide bonds. The number of rotatable bonds is 6. The van der Waals surface area contributed by atoms with E-state index in [4.69, 9.17) is 0 Å². The maximum absolute atomic E-state index is 2.58. The quantitative estimate of drug-likeness (QED) is 0.164. The smallest absolute Gasteiger partial charge is 0.0466 e. The minimum atomic E-state index is -0.195. The number of anilines is 6. The van der Waals surface area contributed by atoms with Crippen LogP contribution in [0.1, 0.15) is 119 Å². The maximum Gasteiger partial charge on any atom is 0.0466 e. The van der Waals surface area contributed by atoms with Crippen molar-refractivity contribution in [3.63, 3.8) is 0 Å². The van der Waals surface area contributed by atoms with E-state index in [0.29, 0.717) is 0 Å². The minimum Gasteiger partial charge on any atom is -0.310 e. The third-order valence-electron chi connectivity index (χ3n) is 15.6. The summed E-state index contributed by atoms with van der Waals surface area (Å²) in [5.74, 6) is 0. The third kappa shape index (κ3) is 6.65. The van der Waals surface area contributed by atoms with Gasteiger partial charge in [0.1, 0.15) is 0 Å².